The second-order valence-corrected chi connectivity index (χ2v) is 12.8. The highest BCUT2D eigenvalue weighted by molar-refractivity contribution is 5.82. The number of aryl methyl sites for hydroxylation is 4. The van der Waals surface area contributed by atoms with Crippen LogP contribution in [0.5, 0.6) is 0 Å². The Labute approximate surface area is 267 Å². The van der Waals surface area contributed by atoms with Crippen LogP contribution in [-0.2, 0) is 20.7 Å². The molecule has 3 aromatic rings. The predicted octanol–water partition coefficient (Wildman–Crippen LogP) is 6.78. The van der Waals surface area contributed by atoms with Gasteiger partial charge in [0.05, 0.1) is 19.1 Å². The molecule has 0 spiro atoms. The van der Waals surface area contributed by atoms with E-state index in [1.54, 1.807) is 38.2 Å². The number of hydrogen-bond acceptors (Lipinski definition) is 5. The van der Waals surface area contributed by atoms with Crippen LogP contribution in [0.25, 0.3) is 11.1 Å². The normalized spacial score (nSPS) is 12.8. The molecule has 0 saturated carbocycles. The molecule has 1 unspecified atom stereocenters. The van der Waals surface area contributed by atoms with Crippen LogP contribution < -0.4 is 10.9 Å². The Kier molecular flexibility index (Phi) is 12.7. The molecule has 8 heteroatoms. The molecule has 1 N–H and O–H groups in total. The summed E-state index contributed by atoms with van der Waals surface area (Å²) in [5.74, 6) is -1.19. The lowest BCUT2D eigenvalue weighted by atomic mass is 9.90. The summed E-state index contributed by atoms with van der Waals surface area (Å²) in [7, 11) is 3.98. The summed E-state index contributed by atoms with van der Waals surface area (Å²) < 4.78 is 22.7. The van der Waals surface area contributed by atoms with Gasteiger partial charge in [0.2, 0.25) is 5.91 Å². The van der Waals surface area contributed by atoms with Gasteiger partial charge in [-0.25, -0.2) is 4.39 Å². The van der Waals surface area contributed by atoms with Crippen molar-refractivity contribution in [2.75, 3.05) is 27.2 Å². The van der Waals surface area contributed by atoms with Gasteiger partial charge in [0, 0.05) is 24.4 Å². The van der Waals surface area contributed by atoms with E-state index in [1.165, 1.54) is 4.57 Å². The maximum atomic E-state index is 16.0. The van der Waals surface area contributed by atoms with Gasteiger partial charge in [0.25, 0.3) is 5.56 Å². The lowest BCUT2D eigenvalue weighted by Crippen LogP contribution is -2.40. The van der Waals surface area contributed by atoms with Crippen LogP contribution >= 0.6 is 0 Å². The Morgan fingerprint density at radius 3 is 2.24 bits per heavy atom. The molecule has 1 amide bonds. The molecular formula is C37H50FN3O4. The molecule has 244 valence electrons. The number of amides is 1. The average molecular weight is 620 g/mol. The van der Waals surface area contributed by atoms with Crippen molar-refractivity contribution < 1.29 is 18.7 Å². The molecule has 1 heterocycles. The number of esters is 1. The van der Waals surface area contributed by atoms with Crippen molar-refractivity contribution in [2.45, 2.75) is 86.2 Å². The third-order valence-electron chi connectivity index (χ3n) is 8.30. The molecule has 0 saturated heterocycles. The minimum Gasteiger partial charge on any atom is -0.466 e. The van der Waals surface area contributed by atoms with E-state index in [9.17, 15) is 14.4 Å². The fourth-order valence-electron chi connectivity index (χ4n) is 5.78. The summed E-state index contributed by atoms with van der Waals surface area (Å²) >= 11 is 0. The molecule has 0 bridgehead atoms. The number of rotatable bonds is 14. The molecule has 0 aliphatic heterocycles. The third kappa shape index (κ3) is 9.36. The van der Waals surface area contributed by atoms with E-state index in [0.717, 1.165) is 46.3 Å². The molecule has 0 fully saturated rings. The number of likely N-dealkylation sites (N-methyl/N-ethyl adjacent to an activating group) is 1. The van der Waals surface area contributed by atoms with Gasteiger partial charge in [-0.15, -0.1) is 0 Å². The topological polar surface area (TPSA) is 80.6 Å². The first-order chi connectivity index (χ1) is 21.2. The van der Waals surface area contributed by atoms with Gasteiger partial charge in [-0.3, -0.25) is 14.4 Å². The Morgan fingerprint density at radius 1 is 0.978 bits per heavy atom. The van der Waals surface area contributed by atoms with E-state index in [0.29, 0.717) is 24.3 Å². The van der Waals surface area contributed by atoms with Gasteiger partial charge in [-0.2, -0.15) is 0 Å². The first-order valence-corrected chi connectivity index (χ1v) is 15.9. The average Bonchev–Trinajstić information content (AvgIpc) is 2.94. The predicted molar refractivity (Wildman–Crippen MR) is 179 cm³/mol. The lowest BCUT2D eigenvalue weighted by molar-refractivity contribution is -0.144. The van der Waals surface area contributed by atoms with Gasteiger partial charge in [0.15, 0.2) is 0 Å². The number of nitrogens with one attached hydrogen (secondary N) is 1. The summed E-state index contributed by atoms with van der Waals surface area (Å²) in [4.78, 5) is 42.4. The highest BCUT2D eigenvalue weighted by atomic mass is 19.1. The summed E-state index contributed by atoms with van der Waals surface area (Å²) in [6.45, 7) is 14.4. The van der Waals surface area contributed by atoms with Gasteiger partial charge in [0.1, 0.15) is 11.9 Å². The molecule has 45 heavy (non-hydrogen) atoms. The largest absolute Gasteiger partial charge is 0.466 e. The van der Waals surface area contributed by atoms with Crippen molar-refractivity contribution in [1.29, 1.82) is 0 Å². The SMILES string of the molecule is CCOC(=O)C[C@H](NC(=O)C(CCC(C)C)n1cc(CCN(C)C)c(C)cc1=O)c1cc(-c2c(C)cccc2C)cc(C)c1F. The highest BCUT2D eigenvalue weighted by Crippen LogP contribution is 2.34. The van der Waals surface area contributed by atoms with Crippen LogP contribution in [0.15, 0.2) is 47.4 Å². The van der Waals surface area contributed by atoms with E-state index >= 15 is 4.39 Å². The molecule has 2 aromatic carbocycles. The van der Waals surface area contributed by atoms with Crippen LogP contribution in [-0.4, -0.2) is 48.6 Å². The minimum atomic E-state index is -1.00. The van der Waals surface area contributed by atoms with Gasteiger partial charge < -0.3 is 19.5 Å². The molecule has 0 aliphatic carbocycles. The zero-order chi connectivity index (χ0) is 33.4. The molecule has 1 aromatic heterocycles. The van der Waals surface area contributed by atoms with Crippen molar-refractivity contribution in [2.24, 2.45) is 5.92 Å². The van der Waals surface area contributed by atoms with Crippen LogP contribution in [0.3, 0.4) is 0 Å². The molecule has 7 nitrogen and oxygen atoms in total. The summed E-state index contributed by atoms with van der Waals surface area (Å²) in [5.41, 5.74) is 6.06. The minimum absolute atomic E-state index is 0.162. The second kappa shape index (κ2) is 16.0. The van der Waals surface area contributed by atoms with Crippen molar-refractivity contribution in [3.63, 3.8) is 0 Å². The van der Waals surface area contributed by atoms with Crippen molar-refractivity contribution in [1.82, 2.24) is 14.8 Å². The molecular weight excluding hydrogens is 569 g/mol. The molecule has 3 rings (SSSR count). The Bertz CT molecular complexity index is 1540. The van der Waals surface area contributed by atoms with E-state index < -0.39 is 29.8 Å². The third-order valence-corrected chi connectivity index (χ3v) is 8.30. The Morgan fingerprint density at radius 2 is 1.64 bits per heavy atom. The van der Waals surface area contributed by atoms with Gasteiger partial charge in [-0.05, 0) is 125 Å². The Balaban J connectivity index is 2.12. The summed E-state index contributed by atoms with van der Waals surface area (Å²) in [5, 5.41) is 2.98. The van der Waals surface area contributed by atoms with Crippen LogP contribution in [0, 0.1) is 39.4 Å². The number of pyridine rings is 1. The Hall–Kier alpha value is -3.78. The zero-order valence-electron chi connectivity index (χ0n) is 28.4. The number of carbonyl (C=O) groups is 2. The maximum absolute atomic E-state index is 16.0. The number of carbonyl (C=O) groups excluding carboxylic acids is 2. The van der Waals surface area contributed by atoms with Crippen molar-refractivity contribution >= 4 is 11.9 Å². The number of ether oxygens (including phenoxy) is 1. The van der Waals surface area contributed by atoms with E-state index in [-0.39, 0.29) is 24.2 Å². The van der Waals surface area contributed by atoms with E-state index in [4.69, 9.17) is 4.74 Å². The van der Waals surface area contributed by atoms with Gasteiger partial charge >= 0.3 is 5.97 Å². The van der Waals surface area contributed by atoms with Crippen LogP contribution in [0.4, 0.5) is 4.39 Å². The monoisotopic (exact) mass is 619 g/mol. The smallest absolute Gasteiger partial charge is 0.308 e. The number of aromatic nitrogens is 1. The van der Waals surface area contributed by atoms with Gasteiger partial charge in [-0.1, -0.05) is 32.0 Å². The number of halogens is 1. The summed E-state index contributed by atoms with van der Waals surface area (Å²) in [6.07, 6.45) is 3.37. The zero-order valence-corrected chi connectivity index (χ0v) is 28.4. The second-order valence-electron chi connectivity index (χ2n) is 12.8. The highest BCUT2D eigenvalue weighted by Gasteiger charge is 2.29. The lowest BCUT2D eigenvalue weighted by Gasteiger charge is -2.26. The van der Waals surface area contributed by atoms with Crippen LogP contribution in [0.2, 0.25) is 0 Å². The van der Waals surface area contributed by atoms with Crippen molar-refractivity contribution in [3.05, 3.63) is 92.1 Å². The van der Waals surface area contributed by atoms with Crippen LogP contribution in [0.1, 0.15) is 85.5 Å². The van der Waals surface area contributed by atoms with Crippen molar-refractivity contribution in [3.8, 4) is 11.1 Å². The number of hydrogen-bond donors (Lipinski definition) is 1. The maximum Gasteiger partial charge on any atom is 0.308 e. The number of nitrogens with zero attached hydrogens (tertiary/aromatic N) is 2. The molecule has 0 aliphatic rings. The first kappa shape index (κ1) is 35.7. The summed E-state index contributed by atoms with van der Waals surface area (Å²) in [6, 6.07) is 9.24. The first-order valence-electron chi connectivity index (χ1n) is 15.9. The van der Waals surface area contributed by atoms with E-state index in [1.807, 2.05) is 53.1 Å². The van der Waals surface area contributed by atoms with E-state index in [2.05, 4.69) is 24.1 Å². The molecule has 0 radical (unpaired) electrons. The fourth-order valence-corrected chi connectivity index (χ4v) is 5.78. The quantitative estimate of drug-likeness (QED) is 0.201. The standard InChI is InChI=1S/C37H50FN3O4/c1-10-45-34(43)21-31(30-20-29(18-27(7)36(30)38)35-24(4)12-11-13-25(35)5)39-37(44)32(15-14-23(2)3)41-22-28(16-17-40(8)9)26(6)19-33(41)42/h11-13,18-20,22-23,31-32H,10,14-17,21H2,1-9H3,(H,39,44)/t31-,32?/m0/s1. The fraction of sp³-hybridized carbons (Fsp3) is 0.486. The molecule has 2 atom stereocenters. The number of benzene rings is 2.